The molecule has 3 fully saturated rings. The lowest BCUT2D eigenvalue weighted by atomic mass is 9.67. The standard InChI is InChI=1S/C19H28N4O.2ClH/c24-18(19-9-3-2-6-15(19)12-20-14-19)22-17-8-7-16(13-21-17)23-10-4-1-5-11-23;;/h7-8,13,15,20H,1-6,9-12,14H2,(H,21,22,24);2*1H/t15-,19+;;/m0../s1. The first-order valence-corrected chi connectivity index (χ1v) is 9.51. The van der Waals surface area contributed by atoms with Gasteiger partial charge in [-0.3, -0.25) is 4.79 Å². The lowest BCUT2D eigenvalue weighted by Gasteiger charge is -2.37. The van der Waals surface area contributed by atoms with Crippen molar-refractivity contribution in [3.05, 3.63) is 18.3 Å². The Kier molecular flexibility index (Phi) is 7.56. The normalized spacial score (nSPS) is 27.7. The molecule has 0 aromatic carbocycles. The third-order valence-electron chi connectivity index (χ3n) is 6.20. The molecule has 26 heavy (non-hydrogen) atoms. The number of aromatic nitrogens is 1. The van der Waals surface area contributed by atoms with Crippen LogP contribution < -0.4 is 15.5 Å². The van der Waals surface area contributed by atoms with Crippen LogP contribution in [0.4, 0.5) is 11.5 Å². The van der Waals surface area contributed by atoms with Gasteiger partial charge in [-0.15, -0.1) is 24.8 Å². The number of hydrogen-bond donors (Lipinski definition) is 2. The molecule has 4 rings (SSSR count). The van der Waals surface area contributed by atoms with Crippen molar-refractivity contribution in [2.45, 2.75) is 44.9 Å². The van der Waals surface area contributed by atoms with Gasteiger partial charge in [-0.2, -0.15) is 0 Å². The molecule has 2 saturated heterocycles. The van der Waals surface area contributed by atoms with E-state index in [0.29, 0.717) is 11.7 Å². The number of hydrogen-bond acceptors (Lipinski definition) is 4. The monoisotopic (exact) mass is 400 g/mol. The van der Waals surface area contributed by atoms with Gasteiger partial charge in [-0.05, 0) is 56.7 Å². The van der Waals surface area contributed by atoms with E-state index in [1.165, 1.54) is 37.8 Å². The number of amides is 1. The second-order valence-electron chi connectivity index (χ2n) is 7.63. The zero-order valence-corrected chi connectivity index (χ0v) is 16.8. The maximum Gasteiger partial charge on any atom is 0.233 e. The Bertz CT molecular complexity index is 592. The van der Waals surface area contributed by atoms with Gasteiger partial charge in [0, 0.05) is 19.6 Å². The van der Waals surface area contributed by atoms with Gasteiger partial charge in [0.2, 0.25) is 5.91 Å². The van der Waals surface area contributed by atoms with Gasteiger partial charge in [-0.25, -0.2) is 4.98 Å². The molecule has 2 aliphatic heterocycles. The first-order valence-electron chi connectivity index (χ1n) is 9.51. The highest BCUT2D eigenvalue weighted by atomic mass is 35.5. The molecule has 0 bridgehead atoms. The minimum Gasteiger partial charge on any atom is -0.370 e. The van der Waals surface area contributed by atoms with Crippen LogP contribution >= 0.6 is 24.8 Å². The maximum atomic E-state index is 13.0. The van der Waals surface area contributed by atoms with E-state index in [9.17, 15) is 4.79 Å². The molecule has 7 heteroatoms. The van der Waals surface area contributed by atoms with Crippen molar-refractivity contribution in [2.24, 2.45) is 11.3 Å². The summed E-state index contributed by atoms with van der Waals surface area (Å²) < 4.78 is 0. The highest BCUT2D eigenvalue weighted by Gasteiger charge is 2.49. The Morgan fingerprint density at radius 2 is 1.96 bits per heavy atom. The maximum absolute atomic E-state index is 13.0. The Labute approximate surface area is 168 Å². The SMILES string of the molecule is Cl.Cl.O=C(Nc1ccc(N2CCCCC2)cn1)[C@@]12CCCC[C@H]1CNC2. The van der Waals surface area contributed by atoms with Gasteiger partial charge >= 0.3 is 0 Å². The van der Waals surface area contributed by atoms with Crippen molar-refractivity contribution in [1.82, 2.24) is 10.3 Å². The van der Waals surface area contributed by atoms with Crippen LogP contribution in [-0.4, -0.2) is 37.1 Å². The van der Waals surface area contributed by atoms with Crippen molar-refractivity contribution < 1.29 is 4.79 Å². The number of carbonyl (C=O) groups is 1. The Balaban J connectivity index is 0.00000121. The summed E-state index contributed by atoms with van der Waals surface area (Å²) in [6, 6.07) is 4.05. The van der Waals surface area contributed by atoms with Crippen molar-refractivity contribution >= 4 is 42.2 Å². The molecule has 0 radical (unpaired) electrons. The van der Waals surface area contributed by atoms with Crippen LogP contribution in [-0.2, 0) is 4.79 Å². The molecule has 1 saturated carbocycles. The molecule has 2 atom stereocenters. The third kappa shape index (κ3) is 4.10. The molecule has 146 valence electrons. The van der Waals surface area contributed by atoms with Gasteiger partial charge < -0.3 is 15.5 Å². The first kappa shape index (κ1) is 21.3. The number of carbonyl (C=O) groups excluding carboxylic acids is 1. The summed E-state index contributed by atoms with van der Waals surface area (Å²) in [6.07, 6.45) is 10.3. The van der Waals surface area contributed by atoms with Gasteiger partial charge in [0.05, 0.1) is 17.3 Å². The average Bonchev–Trinajstić information content (AvgIpc) is 3.08. The smallest absolute Gasteiger partial charge is 0.233 e. The van der Waals surface area contributed by atoms with Gasteiger partial charge in [0.15, 0.2) is 0 Å². The number of rotatable bonds is 3. The lowest BCUT2D eigenvalue weighted by Crippen LogP contribution is -2.44. The summed E-state index contributed by atoms with van der Waals surface area (Å²) in [6.45, 7) is 4.03. The van der Waals surface area contributed by atoms with E-state index >= 15 is 0 Å². The minimum atomic E-state index is -0.217. The number of anilines is 2. The molecule has 1 aromatic rings. The molecule has 0 spiro atoms. The number of halogens is 2. The van der Waals surface area contributed by atoms with E-state index in [1.807, 2.05) is 12.3 Å². The second kappa shape index (κ2) is 9.25. The van der Waals surface area contributed by atoms with Crippen LogP contribution in [0.1, 0.15) is 44.9 Å². The molecule has 3 aliphatic rings. The first-order chi connectivity index (χ1) is 11.8. The molecule has 3 heterocycles. The Morgan fingerprint density at radius 1 is 1.15 bits per heavy atom. The molecule has 5 nitrogen and oxygen atoms in total. The summed E-state index contributed by atoms with van der Waals surface area (Å²) in [5, 5.41) is 6.53. The van der Waals surface area contributed by atoms with E-state index in [0.717, 1.165) is 39.0 Å². The van der Waals surface area contributed by atoms with Crippen molar-refractivity contribution in [2.75, 3.05) is 36.4 Å². The molecule has 2 N–H and O–H groups in total. The number of piperidine rings is 1. The quantitative estimate of drug-likeness (QED) is 0.812. The van der Waals surface area contributed by atoms with Gasteiger partial charge in [0.1, 0.15) is 5.82 Å². The Hall–Kier alpha value is -1.04. The fourth-order valence-electron chi connectivity index (χ4n) is 4.73. The van der Waals surface area contributed by atoms with Crippen LogP contribution in [0.3, 0.4) is 0 Å². The summed E-state index contributed by atoms with van der Waals surface area (Å²) in [5.41, 5.74) is 0.954. The van der Waals surface area contributed by atoms with Crippen LogP contribution in [0, 0.1) is 11.3 Å². The van der Waals surface area contributed by atoms with E-state index in [4.69, 9.17) is 0 Å². The summed E-state index contributed by atoms with van der Waals surface area (Å²) in [7, 11) is 0. The number of nitrogens with zero attached hydrogens (tertiary/aromatic N) is 2. The van der Waals surface area contributed by atoms with Crippen molar-refractivity contribution in [3.8, 4) is 0 Å². The highest BCUT2D eigenvalue weighted by molar-refractivity contribution is 5.95. The fraction of sp³-hybridized carbons (Fsp3) is 0.684. The summed E-state index contributed by atoms with van der Waals surface area (Å²) in [5.74, 6) is 1.33. The van der Waals surface area contributed by atoms with E-state index in [-0.39, 0.29) is 36.1 Å². The van der Waals surface area contributed by atoms with Gasteiger partial charge in [0.25, 0.3) is 0 Å². The minimum absolute atomic E-state index is 0. The van der Waals surface area contributed by atoms with Crippen molar-refractivity contribution in [1.29, 1.82) is 0 Å². The van der Waals surface area contributed by atoms with E-state index < -0.39 is 0 Å². The number of nitrogens with one attached hydrogen (secondary N) is 2. The molecule has 1 aliphatic carbocycles. The summed E-state index contributed by atoms with van der Waals surface area (Å²) >= 11 is 0. The van der Waals surface area contributed by atoms with E-state index in [2.05, 4.69) is 26.6 Å². The highest BCUT2D eigenvalue weighted by Crippen LogP contribution is 2.44. The van der Waals surface area contributed by atoms with E-state index in [1.54, 1.807) is 0 Å². The van der Waals surface area contributed by atoms with Crippen molar-refractivity contribution in [3.63, 3.8) is 0 Å². The second-order valence-corrected chi connectivity index (χ2v) is 7.63. The van der Waals surface area contributed by atoms with Crippen LogP contribution in [0.2, 0.25) is 0 Å². The predicted molar refractivity (Wildman–Crippen MR) is 111 cm³/mol. The number of pyridine rings is 1. The largest absolute Gasteiger partial charge is 0.370 e. The van der Waals surface area contributed by atoms with Crippen LogP contribution in [0.25, 0.3) is 0 Å². The Morgan fingerprint density at radius 3 is 2.69 bits per heavy atom. The molecule has 0 unspecified atom stereocenters. The predicted octanol–water partition coefficient (Wildman–Crippen LogP) is 3.63. The molecular weight excluding hydrogens is 371 g/mol. The molecule has 1 amide bonds. The van der Waals surface area contributed by atoms with Gasteiger partial charge in [-0.1, -0.05) is 12.8 Å². The summed E-state index contributed by atoms with van der Waals surface area (Å²) in [4.78, 5) is 19.8. The van der Waals surface area contributed by atoms with Crippen LogP contribution in [0.15, 0.2) is 18.3 Å². The zero-order valence-electron chi connectivity index (χ0n) is 15.2. The fourth-order valence-corrected chi connectivity index (χ4v) is 4.73. The molecular formula is C19H30Cl2N4O. The molecule has 1 aromatic heterocycles. The number of fused-ring (bicyclic) bond motifs is 1. The van der Waals surface area contributed by atoms with Crippen LogP contribution in [0.5, 0.6) is 0 Å². The average molecular weight is 401 g/mol. The lowest BCUT2D eigenvalue weighted by molar-refractivity contribution is -0.128. The third-order valence-corrected chi connectivity index (χ3v) is 6.20. The zero-order chi connectivity index (χ0) is 16.4. The topological polar surface area (TPSA) is 57.3 Å².